The Bertz CT molecular complexity index is 402. The van der Waals surface area contributed by atoms with E-state index in [4.69, 9.17) is 5.73 Å². The van der Waals surface area contributed by atoms with Crippen molar-refractivity contribution in [2.24, 2.45) is 5.41 Å². The van der Waals surface area contributed by atoms with Crippen LogP contribution >= 0.6 is 0 Å². The Morgan fingerprint density at radius 1 is 1.40 bits per heavy atom. The highest BCUT2D eigenvalue weighted by Crippen LogP contribution is 2.38. The molecule has 0 aromatic carbocycles. The maximum atomic E-state index is 11.6. The van der Waals surface area contributed by atoms with Crippen LogP contribution in [0.2, 0.25) is 0 Å². The highest BCUT2D eigenvalue weighted by molar-refractivity contribution is 5.33. The fraction of sp³-hybridized carbons (Fsp3) is 0.583. The molecular formula is C12H18N2O. The lowest BCUT2D eigenvalue weighted by Gasteiger charge is -2.24. The Hall–Kier alpha value is -1.25. The minimum atomic E-state index is 0.0531. The Morgan fingerprint density at radius 3 is 2.73 bits per heavy atom. The van der Waals surface area contributed by atoms with Crippen molar-refractivity contribution in [1.82, 2.24) is 4.57 Å². The predicted octanol–water partition coefficient (Wildman–Crippen LogP) is 2.01. The van der Waals surface area contributed by atoms with Crippen molar-refractivity contribution in [3.63, 3.8) is 0 Å². The van der Waals surface area contributed by atoms with Crippen molar-refractivity contribution in [3.05, 3.63) is 28.7 Å². The second-order valence-corrected chi connectivity index (χ2v) is 4.95. The van der Waals surface area contributed by atoms with Gasteiger partial charge in [0.25, 0.3) is 5.56 Å². The summed E-state index contributed by atoms with van der Waals surface area (Å²) in [5.74, 6) is 0. The summed E-state index contributed by atoms with van der Waals surface area (Å²) >= 11 is 0. The van der Waals surface area contributed by atoms with Gasteiger partial charge >= 0.3 is 0 Å². The Morgan fingerprint density at radius 2 is 2.07 bits per heavy atom. The first-order valence-corrected chi connectivity index (χ1v) is 5.55. The van der Waals surface area contributed by atoms with Crippen LogP contribution in [-0.2, 0) is 6.54 Å². The molecule has 0 unspecified atom stereocenters. The average Bonchev–Trinajstić information content (AvgIpc) is 2.59. The third kappa shape index (κ3) is 2.22. The molecule has 0 saturated heterocycles. The van der Waals surface area contributed by atoms with E-state index in [1.807, 2.05) is 0 Å². The summed E-state index contributed by atoms with van der Waals surface area (Å²) in [6.07, 6.45) is 6.76. The second kappa shape index (κ2) is 3.72. The van der Waals surface area contributed by atoms with Gasteiger partial charge in [-0.05, 0) is 24.3 Å². The number of pyridine rings is 1. The number of hydrogen-bond acceptors (Lipinski definition) is 2. The molecule has 3 heteroatoms. The fourth-order valence-electron chi connectivity index (χ4n) is 2.47. The molecule has 1 saturated carbocycles. The molecule has 0 aliphatic heterocycles. The summed E-state index contributed by atoms with van der Waals surface area (Å²) in [7, 11) is 0. The molecule has 0 amide bonds. The van der Waals surface area contributed by atoms with E-state index in [-0.39, 0.29) is 11.0 Å². The number of aromatic nitrogens is 1. The molecule has 0 bridgehead atoms. The number of nitrogen functional groups attached to an aromatic ring is 1. The monoisotopic (exact) mass is 206 g/mol. The fourth-order valence-corrected chi connectivity index (χ4v) is 2.47. The van der Waals surface area contributed by atoms with Gasteiger partial charge in [-0.15, -0.1) is 0 Å². The van der Waals surface area contributed by atoms with Gasteiger partial charge in [-0.25, -0.2) is 0 Å². The van der Waals surface area contributed by atoms with Crippen molar-refractivity contribution in [1.29, 1.82) is 0 Å². The predicted molar refractivity (Wildman–Crippen MR) is 61.7 cm³/mol. The van der Waals surface area contributed by atoms with E-state index in [0.29, 0.717) is 5.69 Å². The molecule has 1 aliphatic rings. The molecule has 15 heavy (non-hydrogen) atoms. The van der Waals surface area contributed by atoms with Crippen molar-refractivity contribution >= 4 is 5.69 Å². The Balaban J connectivity index is 2.23. The molecule has 0 radical (unpaired) electrons. The highest BCUT2D eigenvalue weighted by atomic mass is 16.1. The molecule has 1 aromatic heterocycles. The van der Waals surface area contributed by atoms with E-state index in [1.54, 1.807) is 22.9 Å². The highest BCUT2D eigenvalue weighted by Gasteiger charge is 2.29. The summed E-state index contributed by atoms with van der Waals surface area (Å²) in [5.41, 5.74) is 6.69. The van der Waals surface area contributed by atoms with Gasteiger partial charge < -0.3 is 10.3 Å². The van der Waals surface area contributed by atoms with Gasteiger partial charge in [0.1, 0.15) is 0 Å². The zero-order valence-electron chi connectivity index (χ0n) is 9.20. The van der Waals surface area contributed by atoms with E-state index < -0.39 is 0 Å². The van der Waals surface area contributed by atoms with Gasteiger partial charge in [0, 0.05) is 24.5 Å². The number of rotatable bonds is 2. The van der Waals surface area contributed by atoms with E-state index in [9.17, 15) is 4.79 Å². The van der Waals surface area contributed by atoms with Crippen molar-refractivity contribution in [2.45, 2.75) is 39.2 Å². The van der Waals surface area contributed by atoms with Crippen molar-refractivity contribution in [3.8, 4) is 0 Å². The second-order valence-electron chi connectivity index (χ2n) is 4.95. The summed E-state index contributed by atoms with van der Waals surface area (Å²) in [4.78, 5) is 11.6. The molecule has 1 heterocycles. The molecule has 1 aromatic rings. The molecule has 1 fully saturated rings. The van der Waals surface area contributed by atoms with Gasteiger partial charge in [-0.3, -0.25) is 4.79 Å². The lowest BCUT2D eigenvalue weighted by molar-refractivity contribution is 0.278. The van der Waals surface area contributed by atoms with Crippen LogP contribution in [0.4, 0.5) is 5.69 Å². The Kier molecular flexibility index (Phi) is 2.55. The van der Waals surface area contributed by atoms with Crippen LogP contribution in [-0.4, -0.2) is 4.57 Å². The van der Waals surface area contributed by atoms with E-state index in [0.717, 1.165) is 6.54 Å². The van der Waals surface area contributed by atoms with Gasteiger partial charge in [-0.2, -0.15) is 0 Å². The average molecular weight is 206 g/mol. The quantitative estimate of drug-likeness (QED) is 0.804. The molecule has 3 nitrogen and oxygen atoms in total. The van der Waals surface area contributed by atoms with Crippen LogP contribution in [0.25, 0.3) is 0 Å². The summed E-state index contributed by atoms with van der Waals surface area (Å²) in [6, 6.07) is 3.21. The number of nitrogens with two attached hydrogens (primary N) is 1. The van der Waals surface area contributed by atoms with Crippen LogP contribution < -0.4 is 11.3 Å². The first kappa shape index (κ1) is 10.3. The van der Waals surface area contributed by atoms with Crippen LogP contribution in [0.3, 0.4) is 0 Å². The third-order valence-corrected chi connectivity index (χ3v) is 3.37. The van der Waals surface area contributed by atoms with Gasteiger partial charge in [-0.1, -0.05) is 19.8 Å². The maximum absolute atomic E-state index is 11.6. The largest absolute Gasteiger partial charge is 0.398 e. The smallest absolute Gasteiger partial charge is 0.250 e. The normalized spacial score (nSPS) is 19.3. The van der Waals surface area contributed by atoms with Crippen molar-refractivity contribution in [2.75, 3.05) is 5.73 Å². The standard InChI is InChI=1S/C12H18N2O/c1-12(6-2-3-7-12)9-14-8-10(13)4-5-11(14)15/h4-5,8H,2-3,6-7,9,13H2,1H3. The van der Waals surface area contributed by atoms with Crippen LogP contribution in [0.5, 0.6) is 0 Å². The molecule has 1 aliphatic carbocycles. The summed E-state index contributed by atoms with van der Waals surface area (Å²) < 4.78 is 1.75. The number of anilines is 1. The number of nitrogens with zero attached hydrogens (tertiary/aromatic N) is 1. The maximum Gasteiger partial charge on any atom is 0.250 e. The van der Waals surface area contributed by atoms with Gasteiger partial charge in [0.2, 0.25) is 0 Å². The zero-order valence-corrected chi connectivity index (χ0v) is 9.20. The SMILES string of the molecule is CC1(Cn2cc(N)ccc2=O)CCCC1. The summed E-state index contributed by atoms with van der Waals surface area (Å²) in [5, 5.41) is 0. The lowest BCUT2D eigenvalue weighted by atomic mass is 9.89. The zero-order chi connectivity index (χ0) is 10.9. The molecule has 82 valence electrons. The van der Waals surface area contributed by atoms with Crippen molar-refractivity contribution < 1.29 is 0 Å². The summed E-state index contributed by atoms with van der Waals surface area (Å²) in [6.45, 7) is 3.06. The number of hydrogen-bond donors (Lipinski definition) is 1. The lowest BCUT2D eigenvalue weighted by Crippen LogP contribution is -2.28. The molecule has 2 rings (SSSR count). The molecule has 0 atom stereocenters. The van der Waals surface area contributed by atoms with E-state index in [1.165, 1.54) is 25.7 Å². The molecular weight excluding hydrogens is 188 g/mol. The topological polar surface area (TPSA) is 48.0 Å². The van der Waals surface area contributed by atoms with E-state index >= 15 is 0 Å². The van der Waals surface area contributed by atoms with E-state index in [2.05, 4.69) is 6.92 Å². The third-order valence-electron chi connectivity index (χ3n) is 3.37. The van der Waals surface area contributed by atoms with Crippen LogP contribution in [0, 0.1) is 5.41 Å². The molecule has 2 N–H and O–H groups in total. The van der Waals surface area contributed by atoms with Gasteiger partial charge in [0.05, 0.1) is 0 Å². The molecule has 0 spiro atoms. The first-order valence-electron chi connectivity index (χ1n) is 5.55. The Labute approximate surface area is 89.9 Å². The minimum Gasteiger partial charge on any atom is -0.398 e. The van der Waals surface area contributed by atoms with Gasteiger partial charge in [0.15, 0.2) is 0 Å². The minimum absolute atomic E-state index is 0.0531. The van der Waals surface area contributed by atoms with Crippen LogP contribution in [0.1, 0.15) is 32.6 Å². The van der Waals surface area contributed by atoms with Crippen LogP contribution in [0.15, 0.2) is 23.1 Å². The first-order chi connectivity index (χ1) is 7.09.